The lowest BCUT2D eigenvalue weighted by Gasteiger charge is -2.09. The van der Waals surface area contributed by atoms with E-state index in [4.69, 9.17) is 10.00 Å². The number of esters is 1. The minimum atomic E-state index is -4.41. The maximum Gasteiger partial charge on any atom is 0.412 e. The van der Waals surface area contributed by atoms with E-state index in [1.54, 1.807) is 0 Å². The molecule has 20 heavy (non-hydrogen) atoms. The third-order valence-corrected chi connectivity index (χ3v) is 2.51. The van der Waals surface area contributed by atoms with E-state index in [0.717, 1.165) is 0 Å². The molecule has 0 spiro atoms. The maximum absolute atomic E-state index is 12.1. The van der Waals surface area contributed by atoms with Gasteiger partial charge in [0.2, 0.25) is 0 Å². The van der Waals surface area contributed by atoms with Crippen LogP contribution in [0, 0.1) is 11.3 Å². The number of hydrogen-bond acceptors (Lipinski definition) is 3. The van der Waals surface area contributed by atoms with Crippen LogP contribution in [0.15, 0.2) is 36.4 Å². The predicted octanol–water partition coefficient (Wildman–Crippen LogP) is 3.61. The summed E-state index contributed by atoms with van der Waals surface area (Å²) in [7, 11) is 0. The average molecular weight is 283 g/mol. The lowest BCUT2D eigenvalue weighted by Crippen LogP contribution is -2.12. The monoisotopic (exact) mass is 283 g/mol. The van der Waals surface area contributed by atoms with E-state index in [-0.39, 0.29) is 25.0 Å². The van der Waals surface area contributed by atoms with E-state index in [0.29, 0.717) is 5.56 Å². The van der Waals surface area contributed by atoms with Crippen molar-refractivity contribution in [3.05, 3.63) is 47.5 Å². The fraction of sp³-hybridized carbons (Fsp3) is 0.286. The van der Waals surface area contributed by atoms with Crippen LogP contribution in [0.1, 0.15) is 28.8 Å². The fourth-order valence-electron chi connectivity index (χ4n) is 1.36. The van der Waals surface area contributed by atoms with Crippen LogP contribution in [0.3, 0.4) is 0 Å². The number of nitriles is 1. The van der Waals surface area contributed by atoms with Gasteiger partial charge in [-0.2, -0.15) is 18.4 Å². The normalized spacial score (nSPS) is 10.7. The van der Waals surface area contributed by atoms with E-state index >= 15 is 0 Å². The second kappa shape index (κ2) is 6.75. The summed E-state index contributed by atoms with van der Waals surface area (Å²) in [6.07, 6.45) is -4.62. The van der Waals surface area contributed by atoms with Crippen molar-refractivity contribution >= 4 is 5.97 Å². The number of benzene rings is 1. The number of alkyl halides is 3. The van der Waals surface area contributed by atoms with Crippen LogP contribution in [0.2, 0.25) is 0 Å². The Kier molecular flexibility index (Phi) is 5.32. The number of hydrogen-bond donors (Lipinski definition) is 0. The molecule has 3 nitrogen and oxygen atoms in total. The van der Waals surface area contributed by atoms with Crippen LogP contribution in [0.25, 0.3) is 0 Å². The van der Waals surface area contributed by atoms with Gasteiger partial charge in [0.05, 0.1) is 23.8 Å². The molecule has 0 aromatic heterocycles. The Bertz CT molecular complexity index is 527. The van der Waals surface area contributed by atoms with E-state index in [2.05, 4.69) is 6.58 Å². The molecule has 0 atom stereocenters. The Morgan fingerprint density at radius 2 is 1.90 bits per heavy atom. The summed E-state index contributed by atoms with van der Waals surface area (Å²) in [5.41, 5.74) is -0.186. The molecule has 0 unspecified atom stereocenters. The highest BCUT2D eigenvalue weighted by Gasteiger charge is 2.30. The Hall–Kier alpha value is -2.29. The molecule has 0 aliphatic rings. The van der Waals surface area contributed by atoms with Crippen LogP contribution in [0.5, 0.6) is 0 Å². The summed E-state index contributed by atoms with van der Waals surface area (Å²) in [5, 5.41) is 8.59. The molecule has 0 saturated carbocycles. The Morgan fingerprint density at radius 3 is 2.40 bits per heavy atom. The van der Waals surface area contributed by atoms with Gasteiger partial charge in [-0.05, 0) is 37.1 Å². The molecule has 0 heterocycles. The van der Waals surface area contributed by atoms with Crippen molar-refractivity contribution in [2.75, 3.05) is 6.61 Å². The first-order valence-electron chi connectivity index (χ1n) is 5.77. The first-order valence-corrected chi connectivity index (χ1v) is 5.77. The molecule has 0 fully saturated rings. The number of rotatable bonds is 5. The first-order chi connectivity index (χ1) is 9.34. The number of nitrogens with zero attached hydrogens (tertiary/aromatic N) is 1. The second-order valence-corrected chi connectivity index (χ2v) is 4.03. The SMILES string of the molecule is C=C(CCCOC(=O)c1ccc(C#N)cc1)C(F)(F)F. The van der Waals surface area contributed by atoms with Crippen molar-refractivity contribution in [1.29, 1.82) is 5.26 Å². The summed E-state index contributed by atoms with van der Waals surface area (Å²) >= 11 is 0. The van der Waals surface area contributed by atoms with Crippen molar-refractivity contribution in [2.45, 2.75) is 19.0 Å². The minimum Gasteiger partial charge on any atom is -0.462 e. The molecule has 0 bridgehead atoms. The van der Waals surface area contributed by atoms with Gasteiger partial charge in [-0.25, -0.2) is 4.79 Å². The van der Waals surface area contributed by atoms with Crippen LogP contribution < -0.4 is 0 Å². The van der Waals surface area contributed by atoms with Gasteiger partial charge in [0.15, 0.2) is 0 Å². The van der Waals surface area contributed by atoms with Gasteiger partial charge in [0.25, 0.3) is 0 Å². The smallest absolute Gasteiger partial charge is 0.412 e. The Morgan fingerprint density at radius 1 is 1.30 bits per heavy atom. The van der Waals surface area contributed by atoms with E-state index < -0.39 is 17.7 Å². The quantitative estimate of drug-likeness (QED) is 0.471. The molecular formula is C14H12F3NO2. The lowest BCUT2D eigenvalue weighted by atomic mass is 10.1. The standard InChI is InChI=1S/C14H12F3NO2/c1-10(14(15,16)17)3-2-8-20-13(19)12-6-4-11(9-18)5-7-12/h4-7H,1-3,8H2. The molecular weight excluding hydrogens is 271 g/mol. The van der Waals surface area contributed by atoms with Gasteiger partial charge >= 0.3 is 12.1 Å². The molecule has 1 aromatic carbocycles. The van der Waals surface area contributed by atoms with Gasteiger partial charge in [0.1, 0.15) is 0 Å². The molecule has 0 aliphatic heterocycles. The molecule has 0 radical (unpaired) electrons. The van der Waals surface area contributed by atoms with Gasteiger partial charge < -0.3 is 4.74 Å². The highest BCUT2D eigenvalue weighted by Crippen LogP contribution is 2.27. The Balaban J connectivity index is 2.37. The fourth-order valence-corrected chi connectivity index (χ4v) is 1.36. The maximum atomic E-state index is 12.1. The van der Waals surface area contributed by atoms with Crippen molar-refractivity contribution in [3.8, 4) is 6.07 Å². The zero-order valence-electron chi connectivity index (χ0n) is 10.5. The predicted molar refractivity (Wildman–Crippen MR) is 65.9 cm³/mol. The molecule has 1 rings (SSSR count). The summed E-state index contributed by atoms with van der Waals surface area (Å²) < 4.78 is 41.2. The number of ether oxygens (including phenoxy) is 1. The largest absolute Gasteiger partial charge is 0.462 e. The second-order valence-electron chi connectivity index (χ2n) is 4.03. The number of carbonyl (C=O) groups excluding carboxylic acids is 1. The van der Waals surface area contributed by atoms with E-state index in [9.17, 15) is 18.0 Å². The van der Waals surface area contributed by atoms with Gasteiger partial charge in [-0.15, -0.1) is 0 Å². The first kappa shape index (κ1) is 15.8. The molecule has 106 valence electrons. The highest BCUT2D eigenvalue weighted by molar-refractivity contribution is 5.89. The third kappa shape index (κ3) is 4.76. The highest BCUT2D eigenvalue weighted by atomic mass is 19.4. The van der Waals surface area contributed by atoms with Crippen LogP contribution in [-0.2, 0) is 4.74 Å². The molecule has 1 aromatic rings. The van der Waals surface area contributed by atoms with Crippen molar-refractivity contribution in [1.82, 2.24) is 0 Å². The van der Waals surface area contributed by atoms with Crippen molar-refractivity contribution < 1.29 is 22.7 Å². The summed E-state index contributed by atoms with van der Waals surface area (Å²) in [6.45, 7) is 2.81. The molecule has 0 N–H and O–H groups in total. The van der Waals surface area contributed by atoms with E-state index in [1.807, 2.05) is 6.07 Å². The molecule has 0 aliphatic carbocycles. The summed E-state index contributed by atoms with van der Waals surface area (Å²) in [4.78, 5) is 11.5. The number of allylic oxidation sites excluding steroid dienone is 1. The van der Waals surface area contributed by atoms with E-state index in [1.165, 1.54) is 24.3 Å². The molecule has 0 saturated heterocycles. The topological polar surface area (TPSA) is 50.1 Å². The van der Waals surface area contributed by atoms with Crippen LogP contribution >= 0.6 is 0 Å². The minimum absolute atomic E-state index is 0.0559. The van der Waals surface area contributed by atoms with Crippen LogP contribution in [-0.4, -0.2) is 18.8 Å². The number of carbonyl (C=O) groups is 1. The van der Waals surface area contributed by atoms with Crippen molar-refractivity contribution in [3.63, 3.8) is 0 Å². The van der Waals surface area contributed by atoms with Crippen molar-refractivity contribution in [2.24, 2.45) is 0 Å². The molecule has 0 amide bonds. The van der Waals surface area contributed by atoms with Gasteiger partial charge in [-0.1, -0.05) is 6.58 Å². The van der Waals surface area contributed by atoms with Gasteiger partial charge in [-0.3, -0.25) is 0 Å². The van der Waals surface area contributed by atoms with Crippen LogP contribution in [0.4, 0.5) is 13.2 Å². The Labute approximate surface area is 114 Å². The lowest BCUT2D eigenvalue weighted by molar-refractivity contribution is -0.0939. The third-order valence-electron chi connectivity index (χ3n) is 2.51. The summed E-state index contributed by atoms with van der Waals surface area (Å²) in [5.74, 6) is -0.632. The zero-order valence-corrected chi connectivity index (χ0v) is 10.5. The summed E-state index contributed by atoms with van der Waals surface area (Å²) in [6, 6.07) is 7.68. The number of halogens is 3. The van der Waals surface area contributed by atoms with Gasteiger partial charge in [0, 0.05) is 5.57 Å². The zero-order chi connectivity index (χ0) is 15.2. The average Bonchev–Trinajstić information content (AvgIpc) is 2.42. The molecule has 6 heteroatoms.